The molecule has 3 saturated heterocycles. The number of alkyl halides is 1. The second kappa shape index (κ2) is 15.0. The lowest BCUT2D eigenvalue weighted by Gasteiger charge is -2.41. The molecule has 2 aromatic rings. The molecule has 3 unspecified atom stereocenters. The van der Waals surface area contributed by atoms with Crippen molar-refractivity contribution in [3.63, 3.8) is 0 Å². The molecule has 3 heterocycles. The highest BCUT2D eigenvalue weighted by Crippen LogP contribution is 2.61. The van der Waals surface area contributed by atoms with Gasteiger partial charge in [0, 0.05) is 48.1 Å². The number of aliphatic hydroxyl groups excluding tert-OH is 1. The number of aliphatic hydroxyl groups is 1. The molecule has 9 nitrogen and oxygen atoms in total. The Morgan fingerprint density at radius 3 is 2.08 bits per heavy atom. The smallest absolute Gasteiger partial charge is 0.253 e. The van der Waals surface area contributed by atoms with Gasteiger partial charge in [0.2, 0.25) is 11.8 Å². The van der Waals surface area contributed by atoms with E-state index in [2.05, 4.69) is 47.8 Å². The van der Waals surface area contributed by atoms with Crippen molar-refractivity contribution in [1.29, 1.82) is 0 Å². The molecule has 0 radical (unpaired) electrons. The second-order valence-electron chi connectivity index (χ2n) is 13.0. The number of hydrogen-bond acceptors (Lipinski definition) is 6. The Kier molecular flexibility index (Phi) is 11.2. The predicted molar refractivity (Wildman–Crippen MR) is 194 cm³/mol. The SMILES string of the molecule is C=CCN(C(=O)C1N([C@@H](CO)[C@@H](C)CC)C(=O)[C@@H]2[C@@H](C(=O)N(CC=C)c3ccccc3)[C@@H]3OC12CC3Br)c1ccc(N(CC)CC)cc1. The number of likely N-dealkylation sites (tertiary alicyclic amines) is 1. The van der Waals surface area contributed by atoms with Crippen molar-refractivity contribution in [2.75, 3.05) is 47.5 Å². The van der Waals surface area contributed by atoms with E-state index in [1.807, 2.05) is 68.4 Å². The Labute approximate surface area is 293 Å². The van der Waals surface area contributed by atoms with Gasteiger partial charge in [0.1, 0.15) is 11.6 Å². The number of benzene rings is 2. The number of para-hydroxylation sites is 1. The average molecular weight is 722 g/mol. The van der Waals surface area contributed by atoms with Crippen LogP contribution < -0.4 is 14.7 Å². The summed E-state index contributed by atoms with van der Waals surface area (Å²) in [5, 5.41) is 10.8. The van der Waals surface area contributed by atoms with Crippen molar-refractivity contribution < 1.29 is 24.2 Å². The van der Waals surface area contributed by atoms with Gasteiger partial charge in [-0.05, 0) is 62.6 Å². The van der Waals surface area contributed by atoms with Gasteiger partial charge in [-0.2, -0.15) is 0 Å². The first-order valence-electron chi connectivity index (χ1n) is 17.1. The summed E-state index contributed by atoms with van der Waals surface area (Å²) in [5.41, 5.74) is 1.14. The number of anilines is 3. The summed E-state index contributed by atoms with van der Waals surface area (Å²) in [7, 11) is 0. The zero-order valence-corrected chi connectivity index (χ0v) is 30.1. The molecule has 8 atom stereocenters. The van der Waals surface area contributed by atoms with Gasteiger partial charge in [-0.15, -0.1) is 13.2 Å². The number of hydrogen-bond donors (Lipinski definition) is 1. The molecular weight excluding hydrogens is 672 g/mol. The number of ether oxygens (including phenoxy) is 1. The molecule has 1 N–H and O–H groups in total. The molecule has 0 saturated carbocycles. The van der Waals surface area contributed by atoms with Gasteiger partial charge in [0.25, 0.3) is 5.91 Å². The van der Waals surface area contributed by atoms with Gasteiger partial charge in [-0.1, -0.05) is 66.5 Å². The lowest BCUT2D eigenvalue weighted by atomic mass is 9.70. The van der Waals surface area contributed by atoms with Crippen LogP contribution in [-0.4, -0.2) is 89.1 Å². The third kappa shape index (κ3) is 6.00. The zero-order valence-electron chi connectivity index (χ0n) is 28.5. The van der Waals surface area contributed by atoms with Crippen molar-refractivity contribution in [2.45, 2.75) is 69.2 Å². The van der Waals surface area contributed by atoms with Gasteiger partial charge < -0.3 is 29.4 Å². The molecule has 258 valence electrons. The van der Waals surface area contributed by atoms with Crippen molar-refractivity contribution in [2.24, 2.45) is 17.8 Å². The Balaban J connectivity index is 1.62. The first-order chi connectivity index (χ1) is 23.1. The molecule has 3 amide bonds. The maximum absolute atomic E-state index is 15.1. The van der Waals surface area contributed by atoms with Crippen LogP contribution in [-0.2, 0) is 19.1 Å². The van der Waals surface area contributed by atoms with Gasteiger partial charge >= 0.3 is 0 Å². The van der Waals surface area contributed by atoms with Crippen LogP contribution in [0.15, 0.2) is 79.9 Å². The highest BCUT2D eigenvalue weighted by Gasteiger charge is 2.77. The molecule has 5 rings (SSSR count). The fraction of sp³-hybridized carbons (Fsp3) is 0.500. The number of nitrogens with zero attached hydrogens (tertiary/aromatic N) is 4. The van der Waals surface area contributed by atoms with Crippen LogP contribution in [0.4, 0.5) is 17.1 Å². The van der Waals surface area contributed by atoms with E-state index in [-0.39, 0.29) is 48.2 Å². The summed E-state index contributed by atoms with van der Waals surface area (Å²) in [6.45, 7) is 17.8. The third-order valence-corrected chi connectivity index (χ3v) is 11.4. The Morgan fingerprint density at radius 2 is 1.54 bits per heavy atom. The van der Waals surface area contributed by atoms with E-state index in [1.54, 1.807) is 26.9 Å². The highest BCUT2D eigenvalue weighted by atomic mass is 79.9. The quantitative estimate of drug-likeness (QED) is 0.195. The predicted octanol–water partition coefficient (Wildman–Crippen LogP) is 5.43. The van der Waals surface area contributed by atoms with Crippen LogP contribution in [0.1, 0.15) is 40.5 Å². The Hall–Kier alpha value is -3.47. The minimum Gasteiger partial charge on any atom is -0.394 e. The van der Waals surface area contributed by atoms with Crippen LogP contribution in [0, 0.1) is 17.8 Å². The second-order valence-corrected chi connectivity index (χ2v) is 14.2. The summed E-state index contributed by atoms with van der Waals surface area (Å²) in [6, 6.07) is 15.5. The van der Waals surface area contributed by atoms with Crippen molar-refractivity contribution in [3.05, 3.63) is 79.9 Å². The number of rotatable bonds is 15. The molecule has 10 heteroatoms. The molecule has 0 aliphatic carbocycles. The summed E-state index contributed by atoms with van der Waals surface area (Å²) < 4.78 is 6.84. The number of carbonyl (C=O) groups excluding carboxylic acids is 3. The molecule has 48 heavy (non-hydrogen) atoms. The van der Waals surface area contributed by atoms with Crippen molar-refractivity contribution in [3.8, 4) is 0 Å². The van der Waals surface area contributed by atoms with Crippen LogP contribution in [0.5, 0.6) is 0 Å². The molecule has 1 spiro atoms. The summed E-state index contributed by atoms with van der Waals surface area (Å²) in [5.74, 6) is -2.74. The zero-order chi connectivity index (χ0) is 34.7. The van der Waals surface area contributed by atoms with E-state index in [0.717, 1.165) is 18.8 Å². The van der Waals surface area contributed by atoms with Gasteiger partial charge in [-0.3, -0.25) is 14.4 Å². The highest BCUT2D eigenvalue weighted by molar-refractivity contribution is 9.09. The molecule has 3 aliphatic heterocycles. The average Bonchev–Trinajstić information content (AvgIpc) is 3.70. The van der Waals surface area contributed by atoms with Crippen LogP contribution >= 0.6 is 15.9 Å². The minimum absolute atomic E-state index is 0.113. The van der Waals surface area contributed by atoms with E-state index in [9.17, 15) is 14.7 Å². The largest absolute Gasteiger partial charge is 0.394 e. The number of fused-ring (bicyclic) bond motifs is 1. The van der Waals surface area contributed by atoms with Crippen molar-refractivity contribution >= 4 is 50.7 Å². The summed E-state index contributed by atoms with van der Waals surface area (Å²) in [4.78, 5) is 51.4. The van der Waals surface area contributed by atoms with Crippen LogP contribution in [0.25, 0.3) is 0 Å². The van der Waals surface area contributed by atoms with Crippen LogP contribution in [0.2, 0.25) is 0 Å². The van der Waals surface area contributed by atoms with E-state index in [0.29, 0.717) is 24.2 Å². The number of amides is 3. The number of halogens is 1. The lowest BCUT2D eigenvalue weighted by Crippen LogP contribution is -2.60. The summed E-state index contributed by atoms with van der Waals surface area (Å²) in [6.07, 6.45) is 3.78. The minimum atomic E-state index is -1.27. The molecule has 0 aromatic heterocycles. The molecule has 2 bridgehead atoms. The molecule has 3 fully saturated rings. The van der Waals surface area contributed by atoms with E-state index in [4.69, 9.17) is 4.74 Å². The maximum atomic E-state index is 15.1. The normalized spacial score (nSPS) is 26.9. The third-order valence-electron chi connectivity index (χ3n) is 10.6. The van der Waals surface area contributed by atoms with Crippen molar-refractivity contribution in [1.82, 2.24) is 4.90 Å². The van der Waals surface area contributed by atoms with Gasteiger partial charge in [0.05, 0.1) is 30.6 Å². The Bertz CT molecular complexity index is 1480. The van der Waals surface area contributed by atoms with E-state index in [1.165, 1.54) is 0 Å². The fourth-order valence-electron chi connectivity index (χ4n) is 8.07. The fourth-order valence-corrected chi connectivity index (χ4v) is 9.01. The Morgan fingerprint density at radius 1 is 0.979 bits per heavy atom. The van der Waals surface area contributed by atoms with Crippen LogP contribution in [0.3, 0.4) is 0 Å². The molecule has 2 aromatic carbocycles. The monoisotopic (exact) mass is 720 g/mol. The van der Waals surface area contributed by atoms with E-state index < -0.39 is 35.6 Å². The number of carbonyl (C=O) groups is 3. The first kappa shape index (κ1) is 35.8. The molecular formula is C38H49BrN4O5. The topological polar surface area (TPSA) is 93.6 Å². The maximum Gasteiger partial charge on any atom is 0.253 e. The van der Waals surface area contributed by atoms with Gasteiger partial charge in [0.15, 0.2) is 0 Å². The molecule has 3 aliphatic rings. The van der Waals surface area contributed by atoms with E-state index >= 15 is 4.79 Å². The summed E-state index contributed by atoms with van der Waals surface area (Å²) >= 11 is 3.80. The van der Waals surface area contributed by atoms with Gasteiger partial charge in [-0.25, -0.2) is 0 Å². The lowest BCUT2D eigenvalue weighted by molar-refractivity contribution is -0.145. The first-order valence-corrected chi connectivity index (χ1v) is 18.0. The standard InChI is InChI=1S/C38H49BrN4O5/c1-7-21-41(27-15-13-12-14-16-27)35(45)31-32-36(46)43(30(24-44)25(6)9-3)34(38(32)23-29(39)33(31)48-38)37(47)42(22-8-2)28-19-17-26(18-20-28)40(10-4)11-5/h7-8,12-20,25,29-34,44H,1-2,9-11,21-24H2,3-6H3/t25-,29?,30-,31+,32-,33+,34?,38?/m0/s1.